The summed E-state index contributed by atoms with van der Waals surface area (Å²) in [7, 11) is 0. The Morgan fingerprint density at radius 2 is 1.72 bits per heavy atom. The standard InChI is InChI=1S/C21H22N4/c22-21(19-7-4-13-23-16-19)24-14-12-17-8-10-20(11-9-17)25-15-18-5-2-1-3-6-18/h1-11,13,16,25H,12,14-15H2,(H2,22,24). The van der Waals surface area contributed by atoms with Gasteiger partial charge < -0.3 is 11.1 Å². The van der Waals surface area contributed by atoms with Gasteiger partial charge in [0.15, 0.2) is 0 Å². The van der Waals surface area contributed by atoms with E-state index >= 15 is 0 Å². The number of benzene rings is 2. The van der Waals surface area contributed by atoms with E-state index in [0.29, 0.717) is 12.4 Å². The van der Waals surface area contributed by atoms with Crippen molar-refractivity contribution in [2.45, 2.75) is 13.0 Å². The topological polar surface area (TPSA) is 63.3 Å². The highest BCUT2D eigenvalue weighted by Crippen LogP contribution is 2.12. The second-order valence-corrected chi connectivity index (χ2v) is 5.79. The van der Waals surface area contributed by atoms with Crippen molar-refractivity contribution in [3.63, 3.8) is 0 Å². The minimum atomic E-state index is 0.536. The van der Waals surface area contributed by atoms with Crippen molar-refractivity contribution in [3.05, 3.63) is 95.8 Å². The summed E-state index contributed by atoms with van der Waals surface area (Å²) in [6, 6.07) is 22.6. The van der Waals surface area contributed by atoms with Crippen LogP contribution in [0.3, 0.4) is 0 Å². The number of nitrogens with two attached hydrogens (primary N) is 1. The fourth-order valence-electron chi connectivity index (χ4n) is 2.50. The number of nitrogens with one attached hydrogen (secondary N) is 1. The van der Waals surface area contributed by atoms with Gasteiger partial charge in [0.05, 0.1) is 0 Å². The van der Waals surface area contributed by atoms with Crippen molar-refractivity contribution in [1.82, 2.24) is 4.98 Å². The molecule has 3 aromatic rings. The third-order valence-electron chi connectivity index (χ3n) is 3.93. The zero-order chi connectivity index (χ0) is 17.3. The lowest BCUT2D eigenvalue weighted by atomic mass is 10.1. The van der Waals surface area contributed by atoms with Gasteiger partial charge in [0.2, 0.25) is 0 Å². The smallest absolute Gasteiger partial charge is 0.127 e. The molecule has 0 atom stereocenters. The van der Waals surface area contributed by atoms with E-state index < -0.39 is 0 Å². The molecule has 0 aliphatic rings. The monoisotopic (exact) mass is 330 g/mol. The number of hydrogen-bond donors (Lipinski definition) is 2. The number of nitrogens with zero attached hydrogens (tertiary/aromatic N) is 2. The lowest BCUT2D eigenvalue weighted by Gasteiger charge is -2.07. The number of hydrogen-bond acceptors (Lipinski definition) is 3. The minimum Gasteiger partial charge on any atom is -0.383 e. The van der Waals surface area contributed by atoms with E-state index in [1.54, 1.807) is 12.4 Å². The zero-order valence-corrected chi connectivity index (χ0v) is 14.1. The van der Waals surface area contributed by atoms with Crippen LogP contribution in [-0.2, 0) is 13.0 Å². The molecule has 0 aliphatic carbocycles. The van der Waals surface area contributed by atoms with E-state index in [1.165, 1.54) is 11.1 Å². The summed E-state index contributed by atoms with van der Waals surface area (Å²) in [6.45, 7) is 1.49. The zero-order valence-electron chi connectivity index (χ0n) is 14.1. The Kier molecular flexibility index (Phi) is 5.77. The highest BCUT2D eigenvalue weighted by Gasteiger charge is 1.98. The van der Waals surface area contributed by atoms with Crippen LogP contribution in [0, 0.1) is 0 Å². The van der Waals surface area contributed by atoms with Crippen molar-refractivity contribution < 1.29 is 0 Å². The van der Waals surface area contributed by atoms with Crippen LogP contribution in [-0.4, -0.2) is 17.4 Å². The summed E-state index contributed by atoms with van der Waals surface area (Å²) in [5, 5.41) is 3.43. The summed E-state index contributed by atoms with van der Waals surface area (Å²) in [5.41, 5.74) is 10.5. The molecule has 1 aromatic heterocycles. The van der Waals surface area contributed by atoms with Crippen LogP contribution in [0.4, 0.5) is 5.69 Å². The van der Waals surface area contributed by atoms with Crippen molar-refractivity contribution in [3.8, 4) is 0 Å². The SMILES string of the molecule is N/C(=N\CCc1ccc(NCc2ccccc2)cc1)c1cccnc1. The van der Waals surface area contributed by atoms with Crippen molar-refractivity contribution in [2.24, 2.45) is 10.7 Å². The van der Waals surface area contributed by atoms with E-state index in [4.69, 9.17) is 5.73 Å². The van der Waals surface area contributed by atoms with E-state index in [0.717, 1.165) is 24.2 Å². The lowest BCUT2D eigenvalue weighted by molar-refractivity contribution is 0.965. The molecule has 0 amide bonds. The van der Waals surface area contributed by atoms with Gasteiger partial charge in [-0.25, -0.2) is 0 Å². The van der Waals surface area contributed by atoms with Crippen LogP contribution in [0.25, 0.3) is 0 Å². The average Bonchev–Trinajstić information content (AvgIpc) is 2.69. The Morgan fingerprint density at radius 3 is 2.44 bits per heavy atom. The fourth-order valence-corrected chi connectivity index (χ4v) is 2.50. The Balaban J connectivity index is 1.49. The first kappa shape index (κ1) is 16.7. The molecule has 0 aliphatic heterocycles. The van der Waals surface area contributed by atoms with Crippen molar-refractivity contribution >= 4 is 11.5 Å². The molecule has 25 heavy (non-hydrogen) atoms. The van der Waals surface area contributed by atoms with Crippen LogP contribution in [0.5, 0.6) is 0 Å². The second kappa shape index (κ2) is 8.64. The average molecular weight is 330 g/mol. The number of anilines is 1. The Bertz CT molecular complexity index is 796. The molecule has 4 nitrogen and oxygen atoms in total. The molecule has 1 heterocycles. The van der Waals surface area contributed by atoms with Crippen LogP contribution < -0.4 is 11.1 Å². The van der Waals surface area contributed by atoms with Gasteiger partial charge in [0.25, 0.3) is 0 Å². The number of rotatable bonds is 7. The Morgan fingerprint density at radius 1 is 0.920 bits per heavy atom. The van der Waals surface area contributed by atoms with Crippen LogP contribution in [0.15, 0.2) is 84.1 Å². The highest BCUT2D eigenvalue weighted by molar-refractivity contribution is 5.97. The molecular weight excluding hydrogens is 308 g/mol. The fraction of sp³-hybridized carbons (Fsp3) is 0.143. The van der Waals surface area contributed by atoms with Gasteiger partial charge in [-0.1, -0.05) is 42.5 Å². The Labute approximate surface area is 148 Å². The molecule has 126 valence electrons. The maximum absolute atomic E-state index is 5.98. The first-order valence-electron chi connectivity index (χ1n) is 8.38. The molecular formula is C21H22N4. The molecule has 0 saturated carbocycles. The molecule has 0 fully saturated rings. The van der Waals surface area contributed by atoms with Crippen LogP contribution in [0.1, 0.15) is 16.7 Å². The first-order valence-corrected chi connectivity index (χ1v) is 8.38. The van der Waals surface area contributed by atoms with Gasteiger partial charge in [0.1, 0.15) is 5.84 Å². The van der Waals surface area contributed by atoms with Gasteiger partial charge >= 0.3 is 0 Å². The molecule has 0 saturated heterocycles. The van der Waals surface area contributed by atoms with Gasteiger partial charge in [-0.15, -0.1) is 0 Å². The maximum Gasteiger partial charge on any atom is 0.127 e. The quantitative estimate of drug-likeness (QED) is 0.513. The molecule has 0 spiro atoms. The third kappa shape index (κ3) is 5.18. The predicted octanol–water partition coefficient (Wildman–Crippen LogP) is 3.64. The summed E-state index contributed by atoms with van der Waals surface area (Å²) in [6.07, 6.45) is 4.32. The van der Waals surface area contributed by atoms with Crippen molar-refractivity contribution in [1.29, 1.82) is 0 Å². The Hall–Kier alpha value is -3.14. The summed E-state index contributed by atoms with van der Waals surface area (Å²) < 4.78 is 0. The van der Waals surface area contributed by atoms with Gasteiger partial charge in [0, 0.05) is 36.7 Å². The molecule has 0 bridgehead atoms. The first-order chi connectivity index (χ1) is 12.3. The number of aromatic nitrogens is 1. The molecule has 2 aromatic carbocycles. The van der Waals surface area contributed by atoms with Gasteiger partial charge in [-0.3, -0.25) is 9.98 Å². The van der Waals surface area contributed by atoms with Gasteiger partial charge in [-0.2, -0.15) is 0 Å². The maximum atomic E-state index is 5.98. The summed E-state index contributed by atoms with van der Waals surface area (Å²) in [4.78, 5) is 8.48. The van der Waals surface area contributed by atoms with E-state index in [2.05, 4.69) is 63.8 Å². The largest absolute Gasteiger partial charge is 0.383 e. The predicted molar refractivity (Wildman–Crippen MR) is 104 cm³/mol. The second-order valence-electron chi connectivity index (χ2n) is 5.79. The lowest BCUT2D eigenvalue weighted by Crippen LogP contribution is -2.14. The number of aliphatic imine (C=N–C) groups is 1. The summed E-state index contributed by atoms with van der Waals surface area (Å²) >= 11 is 0. The normalized spacial score (nSPS) is 11.3. The van der Waals surface area contributed by atoms with Crippen molar-refractivity contribution in [2.75, 3.05) is 11.9 Å². The molecule has 0 unspecified atom stereocenters. The minimum absolute atomic E-state index is 0.536. The molecule has 0 radical (unpaired) electrons. The van der Waals surface area contributed by atoms with Gasteiger partial charge in [-0.05, 0) is 41.8 Å². The van der Waals surface area contributed by atoms with E-state index in [9.17, 15) is 0 Å². The summed E-state index contributed by atoms with van der Waals surface area (Å²) in [5.74, 6) is 0.536. The molecule has 3 N–H and O–H groups in total. The van der Waals surface area contributed by atoms with Crippen LogP contribution >= 0.6 is 0 Å². The third-order valence-corrected chi connectivity index (χ3v) is 3.93. The number of amidine groups is 1. The van der Waals surface area contributed by atoms with E-state index in [-0.39, 0.29) is 0 Å². The van der Waals surface area contributed by atoms with E-state index in [1.807, 2.05) is 18.2 Å². The molecule has 3 rings (SSSR count). The molecule has 4 heteroatoms. The van der Waals surface area contributed by atoms with Crippen LogP contribution in [0.2, 0.25) is 0 Å². The number of pyridine rings is 1. The highest BCUT2D eigenvalue weighted by atomic mass is 14.9.